The van der Waals surface area contributed by atoms with Gasteiger partial charge in [0.25, 0.3) is 0 Å². The Morgan fingerprint density at radius 2 is 1.02 bits per heavy atom. The molecule has 1 aliphatic carbocycles. The number of benzene rings is 8. The molecule has 8 aromatic carbocycles. The zero-order valence-electron chi connectivity index (χ0n) is 26.9. The van der Waals surface area contributed by atoms with Crippen LogP contribution in [-0.2, 0) is 5.41 Å². The molecule has 1 aliphatic rings. The summed E-state index contributed by atoms with van der Waals surface area (Å²) >= 11 is 0. The molecule has 0 saturated carbocycles. The van der Waals surface area contributed by atoms with Crippen molar-refractivity contribution in [2.75, 3.05) is 0 Å². The third-order valence-corrected chi connectivity index (χ3v) is 10.6. The average molecular weight is 613 g/mol. The Hall–Kier alpha value is -5.92. The van der Waals surface area contributed by atoms with Crippen molar-refractivity contribution in [2.45, 2.75) is 19.3 Å². The molecule has 0 unspecified atom stereocenters. The molecule has 1 heterocycles. The van der Waals surface area contributed by atoms with Gasteiger partial charge in [-0.2, -0.15) is 0 Å². The van der Waals surface area contributed by atoms with E-state index in [0.717, 1.165) is 27.3 Å². The molecule has 0 bridgehead atoms. The molecule has 0 spiro atoms. The topological polar surface area (TPSA) is 13.1 Å². The fourth-order valence-electron chi connectivity index (χ4n) is 8.16. The van der Waals surface area contributed by atoms with Crippen molar-refractivity contribution >= 4 is 43.5 Å². The van der Waals surface area contributed by atoms with Gasteiger partial charge in [-0.05, 0) is 120 Å². The summed E-state index contributed by atoms with van der Waals surface area (Å²) in [4.78, 5) is 0. The lowest BCUT2D eigenvalue weighted by molar-refractivity contribution is 0.661. The second kappa shape index (κ2) is 10.0. The number of hydrogen-bond acceptors (Lipinski definition) is 1. The van der Waals surface area contributed by atoms with Gasteiger partial charge in [0, 0.05) is 21.6 Å². The van der Waals surface area contributed by atoms with Crippen LogP contribution in [-0.4, -0.2) is 0 Å². The summed E-state index contributed by atoms with van der Waals surface area (Å²) in [6, 6.07) is 57.8. The highest BCUT2D eigenvalue weighted by molar-refractivity contribution is 6.17. The number of hydrogen-bond donors (Lipinski definition) is 0. The monoisotopic (exact) mass is 612 g/mol. The normalized spacial score (nSPS) is 13.4. The summed E-state index contributed by atoms with van der Waals surface area (Å²) in [5.41, 5.74) is 14.5. The molecule has 0 N–H and O–H groups in total. The van der Waals surface area contributed by atoms with Crippen molar-refractivity contribution in [2.24, 2.45) is 0 Å². The zero-order chi connectivity index (χ0) is 32.0. The van der Waals surface area contributed by atoms with Crippen LogP contribution >= 0.6 is 0 Å². The highest BCUT2D eigenvalue weighted by atomic mass is 16.3. The molecule has 1 nitrogen and oxygen atoms in total. The molecule has 0 aliphatic heterocycles. The Morgan fingerprint density at radius 3 is 1.88 bits per heavy atom. The number of rotatable bonds is 3. The van der Waals surface area contributed by atoms with Gasteiger partial charge in [0.05, 0.1) is 0 Å². The largest absolute Gasteiger partial charge is 0.455 e. The number of para-hydroxylation sites is 1. The summed E-state index contributed by atoms with van der Waals surface area (Å²) in [5.74, 6) is 0. The molecule has 1 heteroatoms. The van der Waals surface area contributed by atoms with E-state index in [1.807, 2.05) is 6.07 Å². The SMILES string of the molecule is CC1(C)c2ccc(-c3cc(-c4ccccc4)cc(-c4cccc5c4ccc4c6ccccc6oc54)c3)cc2-c2cc3ccccc3cc21. The van der Waals surface area contributed by atoms with E-state index in [1.165, 1.54) is 71.8 Å². The van der Waals surface area contributed by atoms with Crippen molar-refractivity contribution in [3.05, 3.63) is 169 Å². The molecule has 48 heavy (non-hydrogen) atoms. The first-order valence-corrected chi connectivity index (χ1v) is 16.8. The van der Waals surface area contributed by atoms with Gasteiger partial charge in [0.1, 0.15) is 11.2 Å². The first-order valence-electron chi connectivity index (χ1n) is 16.8. The van der Waals surface area contributed by atoms with Gasteiger partial charge in [0.2, 0.25) is 0 Å². The van der Waals surface area contributed by atoms with Crippen LogP contribution in [0, 0.1) is 0 Å². The molecule has 9 aromatic rings. The predicted molar refractivity (Wildman–Crippen MR) is 203 cm³/mol. The molecule has 0 saturated heterocycles. The van der Waals surface area contributed by atoms with Crippen molar-refractivity contribution < 1.29 is 4.42 Å². The maximum absolute atomic E-state index is 6.46. The molecule has 1 aromatic heterocycles. The third-order valence-electron chi connectivity index (χ3n) is 10.6. The Kier molecular flexibility index (Phi) is 5.69. The Morgan fingerprint density at radius 1 is 0.375 bits per heavy atom. The van der Waals surface area contributed by atoms with Crippen molar-refractivity contribution in [3.63, 3.8) is 0 Å². The summed E-state index contributed by atoms with van der Waals surface area (Å²) in [6.07, 6.45) is 0. The van der Waals surface area contributed by atoms with Crippen LogP contribution in [0.1, 0.15) is 25.0 Å². The van der Waals surface area contributed by atoms with Crippen LogP contribution in [0.15, 0.2) is 162 Å². The van der Waals surface area contributed by atoms with Gasteiger partial charge >= 0.3 is 0 Å². The molecule has 0 amide bonds. The van der Waals surface area contributed by atoms with Crippen LogP contribution in [0.4, 0.5) is 0 Å². The fraction of sp³-hybridized carbons (Fsp3) is 0.0638. The van der Waals surface area contributed by atoms with Gasteiger partial charge in [-0.3, -0.25) is 0 Å². The van der Waals surface area contributed by atoms with E-state index in [4.69, 9.17) is 4.42 Å². The van der Waals surface area contributed by atoms with E-state index >= 15 is 0 Å². The summed E-state index contributed by atoms with van der Waals surface area (Å²) in [7, 11) is 0. The lowest BCUT2D eigenvalue weighted by Gasteiger charge is -2.22. The number of furan rings is 1. The second-order valence-corrected chi connectivity index (χ2v) is 13.7. The van der Waals surface area contributed by atoms with E-state index in [2.05, 4.69) is 166 Å². The first-order chi connectivity index (χ1) is 23.5. The molecule has 226 valence electrons. The molecule has 0 atom stereocenters. The molecular weight excluding hydrogens is 581 g/mol. The number of fused-ring (bicyclic) bond motifs is 9. The standard InChI is InChI=1S/C47H32O/c1-47(2)43-22-19-32(27-41(43)42-26-30-13-6-7-14-31(30)28-44(42)47)34-23-33(29-11-4-3-5-12-29)24-35(25-34)36-16-10-17-39-37(36)20-21-40-38-15-8-9-18-45(38)48-46(39)40/h3-28H,1-2H3. The third kappa shape index (κ3) is 3.98. The van der Waals surface area contributed by atoms with Gasteiger partial charge in [0.15, 0.2) is 0 Å². The van der Waals surface area contributed by atoms with Crippen molar-refractivity contribution in [1.29, 1.82) is 0 Å². The van der Waals surface area contributed by atoms with Gasteiger partial charge in [-0.15, -0.1) is 0 Å². The van der Waals surface area contributed by atoms with Crippen LogP contribution in [0.25, 0.3) is 88.0 Å². The summed E-state index contributed by atoms with van der Waals surface area (Å²) in [5, 5.41) is 7.22. The Balaban J connectivity index is 1.19. The first kappa shape index (κ1) is 27.2. The van der Waals surface area contributed by atoms with Crippen LogP contribution < -0.4 is 0 Å². The maximum Gasteiger partial charge on any atom is 0.143 e. The molecule has 0 radical (unpaired) electrons. The lowest BCUT2D eigenvalue weighted by Crippen LogP contribution is -2.14. The predicted octanol–water partition coefficient (Wildman–Crippen LogP) is 13.2. The molecule has 0 fully saturated rings. The maximum atomic E-state index is 6.46. The highest BCUT2D eigenvalue weighted by Gasteiger charge is 2.35. The van der Waals surface area contributed by atoms with Crippen LogP contribution in [0.2, 0.25) is 0 Å². The fourth-order valence-corrected chi connectivity index (χ4v) is 8.16. The van der Waals surface area contributed by atoms with E-state index in [1.54, 1.807) is 0 Å². The summed E-state index contributed by atoms with van der Waals surface area (Å²) < 4.78 is 6.46. The van der Waals surface area contributed by atoms with Crippen molar-refractivity contribution in [1.82, 2.24) is 0 Å². The second-order valence-electron chi connectivity index (χ2n) is 13.7. The zero-order valence-corrected chi connectivity index (χ0v) is 26.9. The average Bonchev–Trinajstić information content (AvgIpc) is 3.62. The Labute approximate surface area is 279 Å². The van der Waals surface area contributed by atoms with E-state index in [9.17, 15) is 0 Å². The van der Waals surface area contributed by atoms with E-state index < -0.39 is 0 Å². The summed E-state index contributed by atoms with van der Waals surface area (Å²) in [6.45, 7) is 4.72. The molecule has 10 rings (SSSR count). The van der Waals surface area contributed by atoms with Gasteiger partial charge in [-0.25, -0.2) is 0 Å². The highest BCUT2D eigenvalue weighted by Crippen LogP contribution is 2.51. The van der Waals surface area contributed by atoms with Crippen LogP contribution in [0.5, 0.6) is 0 Å². The van der Waals surface area contributed by atoms with Crippen molar-refractivity contribution in [3.8, 4) is 44.5 Å². The Bertz CT molecular complexity index is 2740. The van der Waals surface area contributed by atoms with Gasteiger partial charge < -0.3 is 4.42 Å². The lowest BCUT2D eigenvalue weighted by atomic mass is 9.81. The van der Waals surface area contributed by atoms with E-state index in [-0.39, 0.29) is 5.41 Å². The quantitative estimate of drug-likeness (QED) is 0.193. The minimum absolute atomic E-state index is 0.0603. The minimum Gasteiger partial charge on any atom is -0.455 e. The van der Waals surface area contributed by atoms with E-state index in [0.29, 0.717) is 0 Å². The van der Waals surface area contributed by atoms with Crippen LogP contribution in [0.3, 0.4) is 0 Å². The molecular formula is C47H32O. The minimum atomic E-state index is -0.0603. The smallest absolute Gasteiger partial charge is 0.143 e. The van der Waals surface area contributed by atoms with Gasteiger partial charge in [-0.1, -0.05) is 123 Å².